The molecule has 0 aliphatic rings. The molecule has 0 atom stereocenters. The Morgan fingerprint density at radius 2 is 0.410 bits per heavy atom. The summed E-state index contributed by atoms with van der Waals surface area (Å²) in [6.45, 7) is 0. The van der Waals surface area contributed by atoms with Crippen LogP contribution in [-0.2, 0) is 0 Å². The molecule has 0 spiro atoms. The van der Waals surface area contributed by atoms with Gasteiger partial charge in [0.25, 0.3) is 0 Å². The molecular formula is C114H72O3. The van der Waals surface area contributed by atoms with Crippen LogP contribution in [0.5, 0.6) is 0 Å². The second kappa shape index (κ2) is 29.0. The molecule has 0 bridgehead atoms. The van der Waals surface area contributed by atoms with E-state index in [0.29, 0.717) is 16.7 Å². The van der Waals surface area contributed by atoms with Gasteiger partial charge in [-0.3, -0.25) is 0 Å². The second-order valence-electron chi connectivity index (χ2n) is 29.2. The minimum Gasteiger partial charge on any atom is -0.456 e. The summed E-state index contributed by atoms with van der Waals surface area (Å²) in [5.41, 5.74) is 20.2. The van der Waals surface area contributed by atoms with Crippen molar-refractivity contribution in [3.8, 4) is 100 Å². The van der Waals surface area contributed by atoms with Crippen LogP contribution in [-0.4, -0.2) is 0 Å². The summed E-state index contributed by atoms with van der Waals surface area (Å²) in [4.78, 5) is 0. The molecule has 0 aliphatic carbocycles. The summed E-state index contributed by atoms with van der Waals surface area (Å²) >= 11 is 0. The molecule has 117 heavy (non-hydrogen) atoms. The number of benzene rings is 21. The summed E-state index contributed by atoms with van der Waals surface area (Å²) in [6, 6.07) is 111. The minimum atomic E-state index is -0.399. The first-order valence-corrected chi connectivity index (χ1v) is 38.9. The van der Waals surface area contributed by atoms with Gasteiger partial charge in [0, 0.05) is 32.3 Å². The van der Waals surface area contributed by atoms with E-state index in [-0.39, 0.29) is 89.2 Å². The van der Waals surface area contributed by atoms with E-state index in [0.717, 1.165) is 197 Å². The molecule has 0 saturated heterocycles. The molecule has 0 aliphatic heterocycles. The van der Waals surface area contributed by atoms with Gasteiger partial charge in [0.2, 0.25) is 0 Å². The van der Waals surface area contributed by atoms with E-state index in [2.05, 4.69) is 109 Å². The number of hydrogen-bond donors (Lipinski definition) is 0. The Labute approximate surface area is 697 Å². The third kappa shape index (κ3) is 12.0. The van der Waals surface area contributed by atoms with Crippen LogP contribution >= 0.6 is 0 Å². The van der Waals surface area contributed by atoms with Crippen molar-refractivity contribution in [3.05, 3.63) is 436 Å². The van der Waals surface area contributed by atoms with Gasteiger partial charge < -0.3 is 13.3 Å². The van der Waals surface area contributed by atoms with Crippen LogP contribution in [0.3, 0.4) is 0 Å². The van der Waals surface area contributed by atoms with Gasteiger partial charge in [0.05, 0.1) is 20.6 Å². The molecule has 0 amide bonds. The van der Waals surface area contributed by atoms with Crippen molar-refractivity contribution in [1.29, 1.82) is 0 Å². The lowest BCUT2D eigenvalue weighted by Crippen LogP contribution is -1.90. The Morgan fingerprint density at radius 3 is 0.778 bits per heavy atom. The monoisotopic (exact) mass is 1500 g/mol. The summed E-state index contributed by atoms with van der Waals surface area (Å²) in [5, 5.41) is 16.7. The molecule has 3 heteroatoms. The standard InChI is InChI=1S/3C38H24O/c1-3-12-25(13-4-1)28-20-11-21-35-38(28)33-24-27(22-23-34(33)39-35)37-31-18-9-7-16-29(31)36(26-14-5-2-6-15-26)30-17-8-10-19-32(30)37;1-3-11-25(12-4-1)27-19-21-29-34-23-28(20-22-35(34)39-36(29)24-27)38-32-17-9-7-15-30(32)37(26-13-5-2-6-14-26)31-16-8-10-18-33(31)38;1-3-11-25(12-4-1)27-19-21-35-33(23-27)34-24-28(20-22-36(34)39-35)38-31-17-9-7-15-29(31)37(26-13-5-2-6-14-26)30-16-8-10-18-32(30)38/h3*1-24H/i2D,5D,6D,14D,15D;2*2D,5D,6D,13D,14D. The Bertz CT molecular complexity index is 8710. The maximum Gasteiger partial charge on any atom is 0.136 e. The van der Waals surface area contributed by atoms with E-state index < -0.39 is 18.1 Å². The lowest BCUT2D eigenvalue weighted by atomic mass is 9.85. The predicted molar refractivity (Wildman–Crippen MR) is 495 cm³/mol. The first-order chi connectivity index (χ1) is 64.3. The number of furan rings is 3. The molecular weight excluding hydrogens is 1420 g/mol. The normalized spacial score (nSPS) is 13.4. The zero-order valence-electron chi connectivity index (χ0n) is 77.6. The van der Waals surface area contributed by atoms with E-state index in [1.807, 2.05) is 237 Å². The van der Waals surface area contributed by atoms with Gasteiger partial charge in [-0.1, -0.05) is 370 Å². The highest BCUT2D eigenvalue weighted by molar-refractivity contribution is 6.26. The zero-order valence-corrected chi connectivity index (χ0v) is 62.6. The molecule has 24 rings (SSSR count). The lowest BCUT2D eigenvalue weighted by molar-refractivity contribution is 0.668. The molecule has 0 radical (unpaired) electrons. The van der Waals surface area contributed by atoms with Crippen LogP contribution in [0.1, 0.15) is 20.6 Å². The molecule has 0 fully saturated rings. The van der Waals surface area contributed by atoms with Crippen molar-refractivity contribution in [1.82, 2.24) is 0 Å². The Hall–Kier alpha value is -15.4. The zero-order chi connectivity index (χ0) is 90.3. The highest BCUT2D eigenvalue weighted by Crippen LogP contribution is 2.50. The van der Waals surface area contributed by atoms with Gasteiger partial charge in [-0.25, -0.2) is 0 Å². The summed E-state index contributed by atoms with van der Waals surface area (Å²) in [6.07, 6.45) is 0. The van der Waals surface area contributed by atoms with Gasteiger partial charge in [0.1, 0.15) is 33.5 Å². The first-order valence-electron chi connectivity index (χ1n) is 46.4. The van der Waals surface area contributed by atoms with Crippen molar-refractivity contribution in [2.24, 2.45) is 0 Å². The fraction of sp³-hybridized carbons (Fsp3) is 0. The second-order valence-corrected chi connectivity index (χ2v) is 29.2. The molecule has 24 aromatic rings. The Balaban J connectivity index is 0.000000116. The molecule has 0 unspecified atom stereocenters. The van der Waals surface area contributed by atoms with E-state index in [1.165, 1.54) is 0 Å². The van der Waals surface area contributed by atoms with Crippen molar-refractivity contribution in [3.63, 3.8) is 0 Å². The van der Waals surface area contributed by atoms with Crippen LogP contribution in [0.4, 0.5) is 0 Å². The van der Waals surface area contributed by atoms with Crippen molar-refractivity contribution in [2.45, 2.75) is 0 Å². The fourth-order valence-corrected chi connectivity index (χ4v) is 17.6. The third-order valence-electron chi connectivity index (χ3n) is 22.6. The topological polar surface area (TPSA) is 39.4 Å². The third-order valence-corrected chi connectivity index (χ3v) is 22.6. The van der Waals surface area contributed by atoms with Crippen molar-refractivity contribution >= 4 is 130 Å². The van der Waals surface area contributed by atoms with Crippen molar-refractivity contribution < 1.29 is 33.8 Å². The lowest BCUT2D eigenvalue weighted by Gasteiger charge is -2.17. The molecule has 546 valence electrons. The minimum absolute atomic E-state index is 0.207. The summed E-state index contributed by atoms with van der Waals surface area (Å²) < 4.78 is 146. The van der Waals surface area contributed by atoms with Crippen molar-refractivity contribution in [2.75, 3.05) is 0 Å². The van der Waals surface area contributed by atoms with Crippen LogP contribution in [0.15, 0.2) is 450 Å². The van der Waals surface area contributed by atoms with Crippen LogP contribution < -0.4 is 0 Å². The summed E-state index contributed by atoms with van der Waals surface area (Å²) in [5.74, 6) is 0. The average molecular weight is 1500 g/mol. The SMILES string of the molecule is [2H]c1c([2H])c([2H])c(-c2c3ccccc3c(-c3ccc4oc5cc(-c6ccccc6)ccc5c4c3)c3ccccc23)c([2H])c1[2H].[2H]c1c([2H])c([2H])c(-c2c3ccccc3c(-c3ccc4oc5ccc(-c6ccccc6)cc5c4c3)c3ccccc23)c([2H])c1[2H].[2H]c1c([2H])c([2H])c(-c2c3ccccc3c(-c3ccc4oc5cccc(-c6ccccc6)c5c4c3)c3ccccc23)c([2H])c1[2H]. The van der Waals surface area contributed by atoms with E-state index >= 15 is 0 Å². The predicted octanol–water partition coefficient (Wildman–Crippen LogP) is 32.7. The summed E-state index contributed by atoms with van der Waals surface area (Å²) in [7, 11) is 0. The van der Waals surface area contributed by atoms with Crippen LogP contribution in [0.25, 0.3) is 231 Å². The van der Waals surface area contributed by atoms with E-state index in [9.17, 15) is 0 Å². The van der Waals surface area contributed by atoms with Crippen LogP contribution in [0.2, 0.25) is 0 Å². The largest absolute Gasteiger partial charge is 0.456 e. The number of hydrogen-bond acceptors (Lipinski definition) is 3. The highest BCUT2D eigenvalue weighted by atomic mass is 16.3. The van der Waals surface area contributed by atoms with E-state index in [1.54, 1.807) is 0 Å². The Morgan fingerprint density at radius 1 is 0.145 bits per heavy atom. The van der Waals surface area contributed by atoms with Gasteiger partial charge in [0.15, 0.2) is 0 Å². The first kappa shape index (κ1) is 54.3. The number of fused-ring (bicyclic) bond motifs is 15. The smallest absolute Gasteiger partial charge is 0.136 e. The van der Waals surface area contributed by atoms with Gasteiger partial charge >= 0.3 is 0 Å². The molecule has 21 aromatic carbocycles. The maximum atomic E-state index is 8.80. The number of rotatable bonds is 9. The van der Waals surface area contributed by atoms with E-state index in [4.69, 9.17) is 33.8 Å². The van der Waals surface area contributed by atoms with Crippen LogP contribution in [0, 0.1) is 0 Å². The highest BCUT2D eigenvalue weighted by Gasteiger charge is 2.24. The van der Waals surface area contributed by atoms with Gasteiger partial charge in [-0.15, -0.1) is 0 Å². The molecule has 3 heterocycles. The fourth-order valence-electron chi connectivity index (χ4n) is 17.6. The molecule has 0 N–H and O–H groups in total. The molecule has 3 aromatic heterocycles. The quantitative estimate of drug-likeness (QED) is 0.135. The Kier molecular flexibility index (Phi) is 13.4. The van der Waals surface area contributed by atoms with Gasteiger partial charge in [-0.05, 0) is 232 Å². The molecule has 0 saturated carbocycles. The average Bonchev–Trinajstić information content (AvgIpc) is 1.01. The van der Waals surface area contributed by atoms with Gasteiger partial charge in [-0.2, -0.15) is 0 Å². The molecule has 3 nitrogen and oxygen atoms in total. The maximum absolute atomic E-state index is 8.80.